The predicted molar refractivity (Wildman–Crippen MR) is 66.7 cm³/mol. The van der Waals surface area contributed by atoms with Crippen LogP contribution in [0, 0.1) is 0 Å². The summed E-state index contributed by atoms with van der Waals surface area (Å²) in [6.07, 6.45) is 0. The van der Waals surface area contributed by atoms with Gasteiger partial charge in [-0.2, -0.15) is 0 Å². The Labute approximate surface area is 103 Å². The number of hydrogen-bond donors (Lipinski definition) is 1. The van der Waals surface area contributed by atoms with Crippen molar-refractivity contribution in [1.29, 1.82) is 0 Å². The van der Waals surface area contributed by atoms with Gasteiger partial charge in [-0.3, -0.25) is 0 Å². The van der Waals surface area contributed by atoms with Gasteiger partial charge in [0.25, 0.3) is 0 Å². The second kappa shape index (κ2) is 5.96. The van der Waals surface area contributed by atoms with Gasteiger partial charge < -0.3 is 5.32 Å². The Kier molecular flexibility index (Phi) is 5.24. The Balaban J connectivity index is 2.82. The summed E-state index contributed by atoms with van der Waals surface area (Å²) in [6.45, 7) is 2.94. The number of rotatable bonds is 4. The molecule has 0 amide bonds. The van der Waals surface area contributed by atoms with Crippen LogP contribution in [0.15, 0.2) is 18.2 Å². The van der Waals surface area contributed by atoms with Gasteiger partial charge in [0.2, 0.25) is 0 Å². The molecule has 0 aromatic heterocycles. The molecule has 1 rings (SSSR count). The van der Waals surface area contributed by atoms with E-state index in [1.54, 1.807) is 0 Å². The zero-order chi connectivity index (χ0) is 10.6. The molecular weight excluding hydrogens is 285 g/mol. The van der Waals surface area contributed by atoms with E-state index in [1.165, 1.54) is 0 Å². The molecule has 0 bridgehead atoms. The van der Waals surface area contributed by atoms with Crippen molar-refractivity contribution >= 4 is 39.1 Å². The number of hydrogen-bond acceptors (Lipinski definition) is 1. The van der Waals surface area contributed by atoms with E-state index in [1.807, 2.05) is 18.2 Å². The standard InChI is InChI=1S/C10H12BrCl2N/c1-7(14-6-5-11)10-8(12)3-2-4-9(10)13/h2-4,7,14H,5-6H2,1H3. The van der Waals surface area contributed by atoms with Gasteiger partial charge in [0, 0.05) is 33.5 Å². The van der Waals surface area contributed by atoms with E-state index in [9.17, 15) is 0 Å². The van der Waals surface area contributed by atoms with Gasteiger partial charge >= 0.3 is 0 Å². The quantitative estimate of drug-likeness (QED) is 0.827. The molecule has 0 heterocycles. The average Bonchev–Trinajstić information content (AvgIpc) is 2.14. The van der Waals surface area contributed by atoms with Crippen molar-refractivity contribution in [3.8, 4) is 0 Å². The molecular formula is C10H12BrCl2N. The molecule has 0 aliphatic rings. The molecule has 1 nitrogen and oxygen atoms in total. The monoisotopic (exact) mass is 295 g/mol. The minimum Gasteiger partial charge on any atom is -0.309 e. The van der Waals surface area contributed by atoms with E-state index >= 15 is 0 Å². The fourth-order valence-corrected chi connectivity index (χ4v) is 2.25. The number of nitrogens with one attached hydrogen (secondary N) is 1. The maximum atomic E-state index is 6.07. The third-order valence-electron chi connectivity index (χ3n) is 1.98. The summed E-state index contributed by atoms with van der Waals surface area (Å²) in [5.74, 6) is 0. The van der Waals surface area contributed by atoms with Gasteiger partial charge in [-0.1, -0.05) is 45.2 Å². The highest BCUT2D eigenvalue weighted by atomic mass is 79.9. The van der Waals surface area contributed by atoms with Crippen molar-refractivity contribution in [3.05, 3.63) is 33.8 Å². The fourth-order valence-electron chi connectivity index (χ4n) is 1.30. The summed E-state index contributed by atoms with van der Waals surface area (Å²) in [7, 11) is 0. The highest BCUT2D eigenvalue weighted by Gasteiger charge is 2.12. The van der Waals surface area contributed by atoms with Gasteiger partial charge in [-0.25, -0.2) is 0 Å². The van der Waals surface area contributed by atoms with Crippen LogP contribution in [0.1, 0.15) is 18.5 Å². The molecule has 1 unspecified atom stereocenters. The second-order valence-electron chi connectivity index (χ2n) is 3.00. The number of halogens is 3. The van der Waals surface area contributed by atoms with Crippen LogP contribution in [-0.2, 0) is 0 Å². The summed E-state index contributed by atoms with van der Waals surface area (Å²) >= 11 is 15.5. The van der Waals surface area contributed by atoms with Crippen molar-refractivity contribution in [2.75, 3.05) is 11.9 Å². The Morgan fingerprint density at radius 1 is 1.36 bits per heavy atom. The molecule has 0 saturated carbocycles. The van der Waals surface area contributed by atoms with Crippen molar-refractivity contribution in [2.45, 2.75) is 13.0 Å². The van der Waals surface area contributed by atoms with Crippen LogP contribution in [0.4, 0.5) is 0 Å². The summed E-state index contributed by atoms with van der Waals surface area (Å²) < 4.78 is 0. The van der Waals surface area contributed by atoms with Gasteiger partial charge in [0.05, 0.1) is 0 Å². The van der Waals surface area contributed by atoms with Crippen molar-refractivity contribution in [2.24, 2.45) is 0 Å². The summed E-state index contributed by atoms with van der Waals surface area (Å²) in [5.41, 5.74) is 0.969. The maximum absolute atomic E-state index is 6.07. The third-order valence-corrected chi connectivity index (χ3v) is 3.03. The average molecular weight is 297 g/mol. The molecule has 78 valence electrons. The van der Waals surface area contributed by atoms with Gasteiger partial charge in [0.1, 0.15) is 0 Å². The lowest BCUT2D eigenvalue weighted by molar-refractivity contribution is 0.603. The first kappa shape index (κ1) is 12.3. The largest absolute Gasteiger partial charge is 0.309 e. The Morgan fingerprint density at radius 3 is 2.43 bits per heavy atom. The zero-order valence-electron chi connectivity index (χ0n) is 7.86. The predicted octanol–water partition coefficient (Wildman–Crippen LogP) is 4.04. The van der Waals surface area contributed by atoms with Crippen molar-refractivity contribution in [1.82, 2.24) is 5.32 Å². The first-order valence-electron chi connectivity index (χ1n) is 4.40. The van der Waals surface area contributed by atoms with Gasteiger partial charge in [0.15, 0.2) is 0 Å². The molecule has 0 radical (unpaired) electrons. The Morgan fingerprint density at radius 2 is 1.93 bits per heavy atom. The molecule has 0 aliphatic carbocycles. The molecule has 14 heavy (non-hydrogen) atoms. The van der Waals surface area contributed by atoms with E-state index in [0.29, 0.717) is 10.0 Å². The summed E-state index contributed by atoms with van der Waals surface area (Å²) in [6, 6.07) is 5.74. The van der Waals surface area contributed by atoms with Crippen LogP contribution in [0.25, 0.3) is 0 Å². The smallest absolute Gasteiger partial charge is 0.0468 e. The van der Waals surface area contributed by atoms with E-state index in [0.717, 1.165) is 17.4 Å². The van der Waals surface area contributed by atoms with E-state index < -0.39 is 0 Å². The Bertz CT molecular complexity index is 284. The molecule has 1 aromatic rings. The number of benzene rings is 1. The topological polar surface area (TPSA) is 12.0 Å². The minimum absolute atomic E-state index is 0.175. The first-order valence-corrected chi connectivity index (χ1v) is 6.27. The minimum atomic E-state index is 0.175. The van der Waals surface area contributed by atoms with Gasteiger partial charge in [-0.05, 0) is 19.1 Å². The Hall–Kier alpha value is 0.240. The van der Waals surface area contributed by atoms with Crippen molar-refractivity contribution < 1.29 is 0 Å². The highest BCUT2D eigenvalue weighted by molar-refractivity contribution is 9.09. The molecule has 0 saturated heterocycles. The first-order chi connectivity index (χ1) is 6.66. The van der Waals surface area contributed by atoms with Crippen LogP contribution >= 0.6 is 39.1 Å². The lowest BCUT2D eigenvalue weighted by Gasteiger charge is -2.16. The fraction of sp³-hybridized carbons (Fsp3) is 0.400. The summed E-state index contributed by atoms with van der Waals surface area (Å²) in [5, 5.41) is 5.66. The van der Waals surface area contributed by atoms with Crippen LogP contribution in [-0.4, -0.2) is 11.9 Å². The normalized spacial score (nSPS) is 12.9. The summed E-state index contributed by atoms with van der Waals surface area (Å²) in [4.78, 5) is 0. The SMILES string of the molecule is CC(NCCBr)c1c(Cl)cccc1Cl. The van der Waals surface area contributed by atoms with Crippen LogP contribution in [0.5, 0.6) is 0 Å². The van der Waals surface area contributed by atoms with Crippen LogP contribution in [0.3, 0.4) is 0 Å². The van der Waals surface area contributed by atoms with Crippen LogP contribution < -0.4 is 5.32 Å². The zero-order valence-corrected chi connectivity index (χ0v) is 11.0. The molecule has 1 atom stereocenters. The highest BCUT2D eigenvalue weighted by Crippen LogP contribution is 2.29. The lowest BCUT2D eigenvalue weighted by atomic mass is 10.1. The van der Waals surface area contributed by atoms with Crippen LogP contribution in [0.2, 0.25) is 10.0 Å². The molecule has 0 fully saturated rings. The van der Waals surface area contributed by atoms with Crippen molar-refractivity contribution in [3.63, 3.8) is 0 Å². The lowest BCUT2D eigenvalue weighted by Crippen LogP contribution is -2.21. The second-order valence-corrected chi connectivity index (χ2v) is 4.61. The molecule has 1 N–H and O–H groups in total. The molecule has 0 aliphatic heterocycles. The third kappa shape index (κ3) is 3.13. The number of alkyl halides is 1. The molecule has 4 heteroatoms. The molecule has 1 aromatic carbocycles. The van der Waals surface area contributed by atoms with Gasteiger partial charge in [-0.15, -0.1) is 0 Å². The van der Waals surface area contributed by atoms with E-state index in [4.69, 9.17) is 23.2 Å². The maximum Gasteiger partial charge on any atom is 0.0468 e. The van der Waals surface area contributed by atoms with E-state index in [2.05, 4.69) is 28.2 Å². The van der Waals surface area contributed by atoms with E-state index in [-0.39, 0.29) is 6.04 Å². The molecule has 0 spiro atoms.